The summed E-state index contributed by atoms with van der Waals surface area (Å²) in [5.41, 5.74) is 12.2. The lowest BCUT2D eigenvalue weighted by atomic mass is 9.99. The second-order valence-corrected chi connectivity index (χ2v) is 5.46. The highest BCUT2D eigenvalue weighted by atomic mass is 15.3. The summed E-state index contributed by atoms with van der Waals surface area (Å²) in [5.74, 6) is 0. The van der Waals surface area contributed by atoms with Crippen LogP contribution in [-0.4, -0.2) is 15.8 Å². The normalized spacial score (nSPS) is 14.4. The lowest BCUT2D eigenvalue weighted by Crippen LogP contribution is -2.31. The van der Waals surface area contributed by atoms with Crippen LogP contribution >= 0.6 is 0 Å². The van der Waals surface area contributed by atoms with Gasteiger partial charge in [0.15, 0.2) is 0 Å². The molecule has 3 heteroatoms. The Bertz CT molecular complexity index is 582. The van der Waals surface area contributed by atoms with Gasteiger partial charge < -0.3 is 5.73 Å². The van der Waals surface area contributed by atoms with Gasteiger partial charge in [-0.15, -0.1) is 0 Å². The summed E-state index contributed by atoms with van der Waals surface area (Å²) in [6, 6.07) is 8.62. The first kappa shape index (κ1) is 13.8. The molecule has 0 saturated heterocycles. The van der Waals surface area contributed by atoms with E-state index in [1.807, 2.05) is 13.8 Å². The minimum Gasteiger partial charge on any atom is -0.326 e. The monoisotopic (exact) mass is 257 g/mol. The minimum atomic E-state index is 0.0131. The number of benzene rings is 1. The Morgan fingerprint density at radius 1 is 1.16 bits per heavy atom. The molecule has 2 N–H and O–H groups in total. The smallest absolute Gasteiger partial charge is 0.0919 e. The van der Waals surface area contributed by atoms with E-state index in [0.717, 1.165) is 5.69 Å². The number of rotatable bonds is 3. The number of hydrogen-bond acceptors (Lipinski definition) is 2. The summed E-state index contributed by atoms with van der Waals surface area (Å²) in [5, 5.41) is 4.67. The molecule has 0 bridgehead atoms. The van der Waals surface area contributed by atoms with E-state index in [1.165, 1.54) is 22.4 Å². The fourth-order valence-electron chi connectivity index (χ4n) is 2.54. The maximum atomic E-state index is 6.22. The van der Waals surface area contributed by atoms with E-state index in [4.69, 9.17) is 5.73 Å². The van der Waals surface area contributed by atoms with Gasteiger partial charge in [0.2, 0.25) is 0 Å². The van der Waals surface area contributed by atoms with Crippen molar-refractivity contribution in [1.82, 2.24) is 9.78 Å². The minimum absolute atomic E-state index is 0.0131. The van der Waals surface area contributed by atoms with Crippen molar-refractivity contribution in [2.45, 2.75) is 46.7 Å². The van der Waals surface area contributed by atoms with Crippen molar-refractivity contribution in [2.24, 2.45) is 5.73 Å². The molecule has 2 aromatic rings. The third-order valence-corrected chi connectivity index (χ3v) is 3.83. The van der Waals surface area contributed by atoms with Gasteiger partial charge in [0, 0.05) is 11.7 Å². The van der Waals surface area contributed by atoms with Crippen molar-refractivity contribution in [3.8, 4) is 0 Å². The maximum absolute atomic E-state index is 6.22. The quantitative estimate of drug-likeness (QED) is 0.918. The Morgan fingerprint density at radius 3 is 2.32 bits per heavy atom. The summed E-state index contributed by atoms with van der Waals surface area (Å²) in [4.78, 5) is 0. The molecule has 0 amide bonds. The van der Waals surface area contributed by atoms with E-state index < -0.39 is 0 Å². The summed E-state index contributed by atoms with van der Waals surface area (Å²) >= 11 is 0. The van der Waals surface area contributed by atoms with E-state index >= 15 is 0 Å². The number of nitrogens with zero attached hydrogens (tertiary/aromatic N) is 2. The highest BCUT2D eigenvalue weighted by Crippen LogP contribution is 2.25. The Balaban J connectivity index is 2.55. The first-order valence-electron chi connectivity index (χ1n) is 6.76. The average molecular weight is 257 g/mol. The van der Waals surface area contributed by atoms with E-state index in [0.29, 0.717) is 0 Å². The molecule has 19 heavy (non-hydrogen) atoms. The molecule has 1 aromatic heterocycles. The van der Waals surface area contributed by atoms with Gasteiger partial charge in [-0.2, -0.15) is 5.10 Å². The van der Waals surface area contributed by atoms with Gasteiger partial charge in [-0.1, -0.05) is 29.8 Å². The van der Waals surface area contributed by atoms with Crippen molar-refractivity contribution >= 4 is 0 Å². The Labute approximate surface area is 115 Å². The number of hydrogen-bond donors (Lipinski definition) is 1. The van der Waals surface area contributed by atoms with Gasteiger partial charge in [0.25, 0.3) is 0 Å². The Morgan fingerprint density at radius 2 is 1.84 bits per heavy atom. The van der Waals surface area contributed by atoms with Crippen LogP contribution in [0.4, 0.5) is 0 Å². The van der Waals surface area contributed by atoms with Crippen LogP contribution in [0.15, 0.2) is 24.3 Å². The Kier molecular flexibility index (Phi) is 3.76. The predicted octanol–water partition coefficient (Wildman–Crippen LogP) is 3.05. The van der Waals surface area contributed by atoms with Gasteiger partial charge in [-0.05, 0) is 45.7 Å². The second-order valence-electron chi connectivity index (χ2n) is 5.46. The highest BCUT2D eigenvalue weighted by Gasteiger charge is 2.22. The van der Waals surface area contributed by atoms with Crippen molar-refractivity contribution < 1.29 is 0 Å². The zero-order valence-electron chi connectivity index (χ0n) is 12.4. The molecule has 0 aliphatic carbocycles. The standard InChI is InChI=1S/C16H23N3/c1-10-7-6-8-15(9-10)16(12(3)17)19-14(5)11(2)13(4)18-19/h6-9,12,16H,17H2,1-5H3. The molecule has 1 aromatic carbocycles. The number of nitrogens with two attached hydrogens (primary N) is 1. The van der Waals surface area contributed by atoms with Gasteiger partial charge in [-0.25, -0.2) is 0 Å². The molecule has 0 spiro atoms. The summed E-state index contributed by atoms with van der Waals surface area (Å²) < 4.78 is 2.07. The van der Waals surface area contributed by atoms with Crippen LogP contribution in [0.5, 0.6) is 0 Å². The summed E-state index contributed by atoms with van der Waals surface area (Å²) in [6.07, 6.45) is 0. The van der Waals surface area contributed by atoms with Crippen molar-refractivity contribution in [3.05, 3.63) is 52.3 Å². The topological polar surface area (TPSA) is 43.8 Å². The van der Waals surface area contributed by atoms with Crippen LogP contribution in [-0.2, 0) is 0 Å². The molecule has 3 nitrogen and oxygen atoms in total. The SMILES string of the molecule is Cc1cccc(C(C(C)N)n2nc(C)c(C)c2C)c1. The van der Waals surface area contributed by atoms with Gasteiger partial charge in [0.1, 0.15) is 0 Å². The van der Waals surface area contributed by atoms with Crippen LogP contribution in [0.1, 0.15) is 41.0 Å². The van der Waals surface area contributed by atoms with E-state index in [2.05, 4.69) is 54.8 Å². The molecular weight excluding hydrogens is 234 g/mol. The molecule has 2 rings (SSSR count). The van der Waals surface area contributed by atoms with Gasteiger partial charge >= 0.3 is 0 Å². The first-order chi connectivity index (χ1) is 8.91. The van der Waals surface area contributed by atoms with Crippen molar-refractivity contribution in [3.63, 3.8) is 0 Å². The second kappa shape index (κ2) is 5.17. The highest BCUT2D eigenvalue weighted by molar-refractivity contribution is 5.30. The average Bonchev–Trinajstić information content (AvgIpc) is 2.57. The zero-order chi connectivity index (χ0) is 14.2. The molecule has 0 radical (unpaired) electrons. The largest absolute Gasteiger partial charge is 0.326 e. The van der Waals surface area contributed by atoms with Crippen LogP contribution < -0.4 is 5.73 Å². The van der Waals surface area contributed by atoms with E-state index in [1.54, 1.807) is 0 Å². The molecule has 0 fully saturated rings. The summed E-state index contributed by atoms with van der Waals surface area (Å²) in [6.45, 7) is 10.4. The lowest BCUT2D eigenvalue weighted by molar-refractivity contribution is 0.443. The van der Waals surface area contributed by atoms with Crippen molar-refractivity contribution in [1.29, 1.82) is 0 Å². The number of aryl methyl sites for hydroxylation is 2. The van der Waals surface area contributed by atoms with Crippen LogP contribution in [0.25, 0.3) is 0 Å². The fraction of sp³-hybridized carbons (Fsp3) is 0.438. The molecule has 102 valence electrons. The first-order valence-corrected chi connectivity index (χ1v) is 6.76. The fourth-order valence-corrected chi connectivity index (χ4v) is 2.54. The Hall–Kier alpha value is -1.61. The maximum Gasteiger partial charge on any atom is 0.0919 e. The van der Waals surface area contributed by atoms with E-state index in [9.17, 15) is 0 Å². The molecule has 0 aliphatic rings. The molecule has 2 atom stereocenters. The molecule has 2 unspecified atom stereocenters. The van der Waals surface area contributed by atoms with Gasteiger partial charge in [0.05, 0.1) is 11.7 Å². The van der Waals surface area contributed by atoms with Crippen LogP contribution in [0, 0.1) is 27.7 Å². The third-order valence-electron chi connectivity index (χ3n) is 3.83. The lowest BCUT2D eigenvalue weighted by Gasteiger charge is -2.24. The molecule has 0 saturated carbocycles. The molecule has 1 heterocycles. The number of aromatic nitrogens is 2. The van der Waals surface area contributed by atoms with Crippen LogP contribution in [0.3, 0.4) is 0 Å². The summed E-state index contributed by atoms with van der Waals surface area (Å²) in [7, 11) is 0. The van der Waals surface area contributed by atoms with E-state index in [-0.39, 0.29) is 12.1 Å². The molecular formula is C16H23N3. The van der Waals surface area contributed by atoms with Gasteiger partial charge in [-0.3, -0.25) is 4.68 Å². The zero-order valence-corrected chi connectivity index (χ0v) is 12.4. The van der Waals surface area contributed by atoms with Crippen LogP contribution in [0.2, 0.25) is 0 Å². The third kappa shape index (κ3) is 2.56. The molecule has 0 aliphatic heterocycles. The predicted molar refractivity (Wildman–Crippen MR) is 79.4 cm³/mol. The van der Waals surface area contributed by atoms with Crippen molar-refractivity contribution in [2.75, 3.05) is 0 Å².